The van der Waals surface area contributed by atoms with Crippen LogP contribution in [0.5, 0.6) is 17.2 Å². The Hall–Kier alpha value is -2.16. The smallest absolute Gasteiger partial charge is 0.123 e. The van der Waals surface area contributed by atoms with Crippen LogP contribution in [0.15, 0.2) is 24.3 Å². The molecule has 18 heavy (non-hydrogen) atoms. The van der Waals surface area contributed by atoms with Crippen molar-refractivity contribution >= 4 is 0 Å². The van der Waals surface area contributed by atoms with Crippen LogP contribution in [0, 0.1) is 20.8 Å². The second-order valence-electron chi connectivity index (χ2n) is 4.54. The molecule has 3 N–H and O–H groups in total. The highest BCUT2D eigenvalue weighted by molar-refractivity contribution is 5.77. The maximum Gasteiger partial charge on any atom is 0.123 e. The summed E-state index contributed by atoms with van der Waals surface area (Å²) in [6, 6.07) is 6.26. The zero-order chi connectivity index (χ0) is 13.4. The van der Waals surface area contributed by atoms with Gasteiger partial charge in [-0.3, -0.25) is 0 Å². The van der Waals surface area contributed by atoms with Crippen molar-refractivity contribution in [1.29, 1.82) is 0 Å². The van der Waals surface area contributed by atoms with Crippen LogP contribution in [-0.2, 0) is 0 Å². The monoisotopic (exact) mass is 244 g/mol. The van der Waals surface area contributed by atoms with Gasteiger partial charge in [0.15, 0.2) is 0 Å². The molecule has 2 aromatic carbocycles. The van der Waals surface area contributed by atoms with E-state index in [-0.39, 0.29) is 17.2 Å². The number of hydrogen-bond acceptors (Lipinski definition) is 3. The predicted octanol–water partition coefficient (Wildman–Crippen LogP) is 3.40. The van der Waals surface area contributed by atoms with Crippen LogP contribution in [0.1, 0.15) is 16.7 Å². The lowest BCUT2D eigenvalue weighted by Gasteiger charge is -2.14. The number of benzene rings is 2. The second-order valence-corrected chi connectivity index (χ2v) is 4.54. The molecule has 0 radical (unpaired) electrons. The minimum Gasteiger partial charge on any atom is -0.508 e. The Morgan fingerprint density at radius 2 is 1.44 bits per heavy atom. The zero-order valence-corrected chi connectivity index (χ0v) is 10.7. The van der Waals surface area contributed by atoms with E-state index in [9.17, 15) is 15.3 Å². The quantitative estimate of drug-likeness (QED) is 0.674. The SMILES string of the molecule is Cc1cc(-c2cc(O)ccc2O)c(C)c(O)c1C. The zero-order valence-electron chi connectivity index (χ0n) is 10.7. The van der Waals surface area contributed by atoms with Gasteiger partial charge in [-0.2, -0.15) is 0 Å². The van der Waals surface area contributed by atoms with Gasteiger partial charge in [0.05, 0.1) is 0 Å². The molecule has 0 atom stereocenters. The number of hydrogen-bond donors (Lipinski definition) is 3. The summed E-state index contributed by atoms with van der Waals surface area (Å²) in [6.45, 7) is 5.54. The summed E-state index contributed by atoms with van der Waals surface area (Å²) in [4.78, 5) is 0. The molecule has 94 valence electrons. The molecule has 0 amide bonds. The van der Waals surface area contributed by atoms with Crippen LogP contribution in [0.2, 0.25) is 0 Å². The Balaban J connectivity index is 2.75. The minimum atomic E-state index is 0.0820. The molecule has 0 bridgehead atoms. The van der Waals surface area contributed by atoms with E-state index in [0.29, 0.717) is 11.1 Å². The van der Waals surface area contributed by atoms with Crippen molar-refractivity contribution in [2.24, 2.45) is 0 Å². The van der Waals surface area contributed by atoms with Gasteiger partial charge in [0, 0.05) is 5.56 Å². The van der Waals surface area contributed by atoms with Crippen LogP contribution in [0.3, 0.4) is 0 Å². The Bertz CT molecular complexity index is 616. The first-order valence-electron chi connectivity index (χ1n) is 5.74. The van der Waals surface area contributed by atoms with Gasteiger partial charge in [0.25, 0.3) is 0 Å². The molecule has 3 nitrogen and oxygen atoms in total. The topological polar surface area (TPSA) is 60.7 Å². The van der Waals surface area contributed by atoms with E-state index in [1.807, 2.05) is 19.9 Å². The molecule has 0 unspecified atom stereocenters. The summed E-state index contributed by atoms with van der Waals surface area (Å²) in [5.41, 5.74) is 3.71. The number of phenols is 3. The van der Waals surface area contributed by atoms with E-state index in [4.69, 9.17) is 0 Å². The molecule has 0 aliphatic carbocycles. The molecule has 0 spiro atoms. The Labute approximate surface area is 106 Å². The largest absolute Gasteiger partial charge is 0.508 e. The summed E-state index contributed by atoms with van der Waals surface area (Å²) in [5.74, 6) is 0.395. The van der Waals surface area contributed by atoms with E-state index in [0.717, 1.165) is 16.7 Å². The van der Waals surface area contributed by atoms with Gasteiger partial charge in [-0.25, -0.2) is 0 Å². The number of phenolic OH excluding ortho intramolecular Hbond substituents is 3. The summed E-state index contributed by atoms with van der Waals surface area (Å²) in [7, 11) is 0. The van der Waals surface area contributed by atoms with E-state index in [1.165, 1.54) is 18.2 Å². The van der Waals surface area contributed by atoms with Crippen LogP contribution in [0.4, 0.5) is 0 Å². The number of aryl methyl sites for hydroxylation is 1. The molecule has 0 heterocycles. The summed E-state index contributed by atoms with van der Waals surface area (Å²) in [5, 5.41) is 29.4. The predicted molar refractivity (Wildman–Crippen MR) is 71.1 cm³/mol. The van der Waals surface area contributed by atoms with E-state index < -0.39 is 0 Å². The Morgan fingerprint density at radius 1 is 0.778 bits per heavy atom. The molecule has 2 rings (SSSR count). The van der Waals surface area contributed by atoms with Crippen LogP contribution >= 0.6 is 0 Å². The molecule has 0 aromatic heterocycles. The first-order chi connectivity index (χ1) is 8.41. The lowest BCUT2D eigenvalue weighted by atomic mass is 9.93. The normalized spacial score (nSPS) is 10.6. The average Bonchev–Trinajstić information content (AvgIpc) is 2.34. The molecule has 0 aliphatic rings. The fraction of sp³-hybridized carbons (Fsp3) is 0.200. The van der Waals surface area contributed by atoms with Gasteiger partial charge in [-0.15, -0.1) is 0 Å². The maximum atomic E-state index is 10.0. The highest BCUT2D eigenvalue weighted by Crippen LogP contribution is 2.39. The van der Waals surface area contributed by atoms with Crippen molar-refractivity contribution in [2.75, 3.05) is 0 Å². The van der Waals surface area contributed by atoms with Gasteiger partial charge in [-0.05, 0) is 61.2 Å². The van der Waals surface area contributed by atoms with Gasteiger partial charge < -0.3 is 15.3 Å². The minimum absolute atomic E-state index is 0.0820. The van der Waals surface area contributed by atoms with E-state index in [1.54, 1.807) is 6.92 Å². The molecule has 3 heteroatoms. The van der Waals surface area contributed by atoms with Gasteiger partial charge in [0.1, 0.15) is 17.2 Å². The highest BCUT2D eigenvalue weighted by Gasteiger charge is 2.14. The van der Waals surface area contributed by atoms with Crippen molar-refractivity contribution in [3.05, 3.63) is 41.0 Å². The van der Waals surface area contributed by atoms with Crippen molar-refractivity contribution in [3.8, 4) is 28.4 Å². The van der Waals surface area contributed by atoms with Crippen molar-refractivity contribution in [1.82, 2.24) is 0 Å². The molecule has 0 fully saturated rings. The van der Waals surface area contributed by atoms with Crippen LogP contribution < -0.4 is 0 Å². The lowest BCUT2D eigenvalue weighted by Crippen LogP contribution is -1.91. The first kappa shape index (κ1) is 12.3. The fourth-order valence-corrected chi connectivity index (χ4v) is 2.05. The number of aromatic hydroxyl groups is 3. The lowest BCUT2D eigenvalue weighted by molar-refractivity contribution is 0.460. The maximum absolute atomic E-state index is 10.0. The fourth-order valence-electron chi connectivity index (χ4n) is 2.05. The average molecular weight is 244 g/mol. The standard InChI is InChI=1S/C15H16O3/c1-8-6-12(10(3)15(18)9(8)2)13-7-11(16)4-5-14(13)17/h4-7,16-18H,1-3H3. The van der Waals surface area contributed by atoms with Crippen LogP contribution in [-0.4, -0.2) is 15.3 Å². The number of rotatable bonds is 1. The molecule has 0 saturated heterocycles. The van der Waals surface area contributed by atoms with Gasteiger partial charge in [-0.1, -0.05) is 6.07 Å². The summed E-state index contributed by atoms with van der Waals surface area (Å²) < 4.78 is 0. The van der Waals surface area contributed by atoms with Crippen LogP contribution in [0.25, 0.3) is 11.1 Å². The van der Waals surface area contributed by atoms with Crippen molar-refractivity contribution in [2.45, 2.75) is 20.8 Å². The first-order valence-corrected chi connectivity index (χ1v) is 5.74. The van der Waals surface area contributed by atoms with Gasteiger partial charge >= 0.3 is 0 Å². The van der Waals surface area contributed by atoms with Gasteiger partial charge in [0.2, 0.25) is 0 Å². The Morgan fingerprint density at radius 3 is 2.11 bits per heavy atom. The molecular weight excluding hydrogens is 228 g/mol. The molecular formula is C15H16O3. The molecule has 0 saturated carbocycles. The van der Waals surface area contributed by atoms with E-state index >= 15 is 0 Å². The van der Waals surface area contributed by atoms with Crippen molar-refractivity contribution in [3.63, 3.8) is 0 Å². The summed E-state index contributed by atoms with van der Waals surface area (Å²) in [6.07, 6.45) is 0. The molecule has 0 aliphatic heterocycles. The highest BCUT2D eigenvalue weighted by atomic mass is 16.3. The Kier molecular flexibility index (Phi) is 2.91. The third-order valence-corrected chi connectivity index (χ3v) is 3.34. The third-order valence-electron chi connectivity index (χ3n) is 3.34. The third kappa shape index (κ3) is 1.88. The molecule has 2 aromatic rings. The summed E-state index contributed by atoms with van der Waals surface area (Å²) >= 11 is 0. The van der Waals surface area contributed by atoms with Crippen molar-refractivity contribution < 1.29 is 15.3 Å². The van der Waals surface area contributed by atoms with E-state index in [2.05, 4.69) is 0 Å². The second kappa shape index (κ2) is 4.26.